The van der Waals surface area contributed by atoms with Crippen LogP contribution in [0.15, 0.2) is 18.2 Å². The van der Waals surface area contributed by atoms with Gasteiger partial charge in [-0.05, 0) is 37.5 Å². The molecule has 0 aromatic heterocycles. The highest BCUT2D eigenvalue weighted by atomic mass is 19.4. The molecule has 0 heterocycles. The molecule has 1 rings (SSSR count). The lowest BCUT2D eigenvalue weighted by Crippen LogP contribution is -2.15. The first-order valence-electron chi connectivity index (χ1n) is 4.92. The molecule has 0 saturated heterocycles. The molecular weight excluding hydrogens is 222 g/mol. The van der Waals surface area contributed by atoms with Crippen LogP contribution < -0.4 is 5.73 Å². The van der Waals surface area contributed by atoms with E-state index in [0.29, 0.717) is 18.4 Å². The molecule has 1 aromatic carbocycles. The van der Waals surface area contributed by atoms with Gasteiger partial charge in [0.15, 0.2) is 0 Å². The van der Waals surface area contributed by atoms with Gasteiger partial charge in [-0.1, -0.05) is 6.07 Å². The number of hydrogen-bond donors (Lipinski definition) is 1. The molecule has 0 aliphatic heterocycles. The maximum absolute atomic E-state index is 12.9. The Balaban J connectivity index is 2.90. The van der Waals surface area contributed by atoms with E-state index in [2.05, 4.69) is 0 Å². The summed E-state index contributed by atoms with van der Waals surface area (Å²) < 4.78 is 50.0. The zero-order valence-electron chi connectivity index (χ0n) is 8.81. The van der Waals surface area contributed by atoms with E-state index >= 15 is 0 Å². The van der Waals surface area contributed by atoms with Gasteiger partial charge >= 0.3 is 6.18 Å². The minimum absolute atomic E-state index is 0.0839. The third kappa shape index (κ3) is 3.48. The van der Waals surface area contributed by atoms with E-state index in [9.17, 15) is 17.6 Å². The summed E-state index contributed by atoms with van der Waals surface area (Å²) in [5, 5.41) is 0. The van der Waals surface area contributed by atoms with Crippen LogP contribution in [0.2, 0.25) is 0 Å². The van der Waals surface area contributed by atoms with Crippen LogP contribution in [0.3, 0.4) is 0 Å². The smallest absolute Gasteiger partial charge is 0.328 e. The monoisotopic (exact) mass is 235 g/mol. The molecule has 5 heteroatoms. The van der Waals surface area contributed by atoms with Crippen molar-refractivity contribution >= 4 is 0 Å². The van der Waals surface area contributed by atoms with Crippen LogP contribution in [0.25, 0.3) is 0 Å². The van der Waals surface area contributed by atoms with Crippen LogP contribution >= 0.6 is 0 Å². The van der Waals surface area contributed by atoms with E-state index in [1.165, 1.54) is 6.07 Å². The molecule has 2 N–H and O–H groups in total. The van der Waals surface area contributed by atoms with E-state index in [-0.39, 0.29) is 6.04 Å². The molecular formula is C11H13F4N. The molecule has 0 bridgehead atoms. The van der Waals surface area contributed by atoms with Crippen molar-refractivity contribution in [1.29, 1.82) is 0 Å². The molecule has 0 saturated carbocycles. The second kappa shape index (κ2) is 4.82. The molecule has 0 aliphatic carbocycles. The zero-order chi connectivity index (χ0) is 12.3. The Morgan fingerprint density at radius 3 is 2.44 bits per heavy atom. The predicted octanol–water partition coefficient (Wildman–Crippen LogP) is 3.12. The van der Waals surface area contributed by atoms with Crippen molar-refractivity contribution in [2.24, 2.45) is 5.73 Å². The number of aryl methyl sites for hydroxylation is 1. The average molecular weight is 235 g/mol. The SMILES string of the molecule is C[C@H](N)CCc1ccc(F)c(C(F)(F)F)c1. The lowest BCUT2D eigenvalue weighted by Gasteiger charge is -2.10. The Kier molecular flexibility index (Phi) is 3.91. The number of hydrogen-bond acceptors (Lipinski definition) is 1. The largest absolute Gasteiger partial charge is 0.419 e. The van der Waals surface area contributed by atoms with Gasteiger partial charge in [-0.2, -0.15) is 13.2 Å². The van der Waals surface area contributed by atoms with Crippen LogP contribution in [-0.4, -0.2) is 6.04 Å². The summed E-state index contributed by atoms with van der Waals surface area (Å²) in [6.07, 6.45) is -3.65. The summed E-state index contributed by atoms with van der Waals surface area (Å²) in [4.78, 5) is 0. The highest BCUT2D eigenvalue weighted by molar-refractivity contribution is 5.27. The molecule has 1 nitrogen and oxygen atoms in total. The van der Waals surface area contributed by atoms with Crippen molar-refractivity contribution in [3.05, 3.63) is 35.1 Å². The molecule has 0 radical (unpaired) electrons. The number of rotatable bonds is 3. The van der Waals surface area contributed by atoms with Gasteiger partial charge in [0, 0.05) is 6.04 Å². The molecule has 16 heavy (non-hydrogen) atoms. The lowest BCUT2D eigenvalue weighted by molar-refractivity contribution is -0.140. The first-order valence-corrected chi connectivity index (χ1v) is 4.92. The van der Waals surface area contributed by atoms with Crippen molar-refractivity contribution in [1.82, 2.24) is 0 Å². The standard InChI is InChI=1S/C11H13F4N/c1-7(16)2-3-8-4-5-10(12)9(6-8)11(13,14)15/h4-7H,2-3,16H2,1H3/t7-/m0/s1. The number of alkyl halides is 3. The molecule has 0 spiro atoms. The fourth-order valence-corrected chi connectivity index (χ4v) is 1.34. The molecule has 0 fully saturated rings. The van der Waals surface area contributed by atoms with Crippen LogP contribution in [0, 0.1) is 5.82 Å². The second-order valence-electron chi connectivity index (χ2n) is 3.83. The Labute approximate surface area is 91.3 Å². The van der Waals surface area contributed by atoms with Gasteiger partial charge in [0.1, 0.15) is 5.82 Å². The van der Waals surface area contributed by atoms with E-state index in [1.807, 2.05) is 0 Å². The van der Waals surface area contributed by atoms with Crippen molar-refractivity contribution in [3.63, 3.8) is 0 Å². The summed E-state index contributed by atoms with van der Waals surface area (Å²) in [7, 11) is 0. The van der Waals surface area contributed by atoms with Gasteiger partial charge in [-0.15, -0.1) is 0 Å². The quantitative estimate of drug-likeness (QED) is 0.800. The average Bonchev–Trinajstić information content (AvgIpc) is 2.14. The van der Waals surface area contributed by atoms with Gasteiger partial charge in [-0.25, -0.2) is 4.39 Å². The van der Waals surface area contributed by atoms with Crippen molar-refractivity contribution < 1.29 is 17.6 Å². The fourth-order valence-electron chi connectivity index (χ4n) is 1.34. The first kappa shape index (κ1) is 13.0. The maximum Gasteiger partial charge on any atom is 0.419 e. The Morgan fingerprint density at radius 2 is 1.94 bits per heavy atom. The number of benzene rings is 1. The van der Waals surface area contributed by atoms with Crippen molar-refractivity contribution in [2.75, 3.05) is 0 Å². The van der Waals surface area contributed by atoms with E-state index in [0.717, 1.165) is 12.1 Å². The van der Waals surface area contributed by atoms with Crippen molar-refractivity contribution in [3.8, 4) is 0 Å². The second-order valence-corrected chi connectivity index (χ2v) is 3.83. The van der Waals surface area contributed by atoms with Gasteiger partial charge in [0.05, 0.1) is 5.56 Å². The van der Waals surface area contributed by atoms with Gasteiger partial charge in [0.25, 0.3) is 0 Å². The Morgan fingerprint density at radius 1 is 1.31 bits per heavy atom. The van der Waals surface area contributed by atoms with E-state index in [1.54, 1.807) is 6.92 Å². The Bertz CT molecular complexity index is 357. The van der Waals surface area contributed by atoms with Crippen LogP contribution in [-0.2, 0) is 12.6 Å². The molecule has 1 atom stereocenters. The highest BCUT2D eigenvalue weighted by Gasteiger charge is 2.34. The van der Waals surface area contributed by atoms with Gasteiger partial charge < -0.3 is 5.73 Å². The summed E-state index contributed by atoms with van der Waals surface area (Å²) >= 11 is 0. The summed E-state index contributed by atoms with van der Waals surface area (Å²) in [6.45, 7) is 1.77. The van der Waals surface area contributed by atoms with Gasteiger partial charge in [0.2, 0.25) is 0 Å². The highest BCUT2D eigenvalue weighted by Crippen LogP contribution is 2.32. The molecule has 0 amide bonds. The first-order chi connectivity index (χ1) is 7.30. The number of nitrogens with two attached hydrogens (primary N) is 1. The molecule has 90 valence electrons. The summed E-state index contributed by atoms with van der Waals surface area (Å²) in [6, 6.07) is 2.96. The minimum atomic E-state index is -4.64. The third-order valence-electron chi connectivity index (χ3n) is 2.22. The predicted molar refractivity (Wildman–Crippen MR) is 53.4 cm³/mol. The topological polar surface area (TPSA) is 26.0 Å². The van der Waals surface area contributed by atoms with E-state index in [4.69, 9.17) is 5.73 Å². The maximum atomic E-state index is 12.9. The molecule has 0 aliphatic rings. The molecule has 1 aromatic rings. The van der Waals surface area contributed by atoms with Crippen LogP contribution in [0.1, 0.15) is 24.5 Å². The minimum Gasteiger partial charge on any atom is -0.328 e. The normalized spacial score (nSPS) is 13.9. The lowest BCUT2D eigenvalue weighted by atomic mass is 10.0. The Hall–Kier alpha value is -1.10. The van der Waals surface area contributed by atoms with Crippen LogP contribution in [0.4, 0.5) is 17.6 Å². The molecule has 0 unspecified atom stereocenters. The zero-order valence-corrected chi connectivity index (χ0v) is 8.81. The summed E-state index contributed by atoms with van der Waals surface area (Å²) in [5.74, 6) is -1.24. The fraction of sp³-hybridized carbons (Fsp3) is 0.455. The third-order valence-corrected chi connectivity index (χ3v) is 2.22. The van der Waals surface area contributed by atoms with Crippen LogP contribution in [0.5, 0.6) is 0 Å². The van der Waals surface area contributed by atoms with E-state index < -0.39 is 17.6 Å². The summed E-state index contributed by atoms with van der Waals surface area (Å²) in [5.41, 5.74) is 4.73. The van der Waals surface area contributed by atoms with Crippen molar-refractivity contribution in [2.45, 2.75) is 32.0 Å². The number of halogens is 4. The van der Waals surface area contributed by atoms with Gasteiger partial charge in [-0.3, -0.25) is 0 Å².